The number of aromatic nitrogens is 2. The van der Waals surface area contributed by atoms with Gasteiger partial charge in [-0.15, -0.1) is 0 Å². The van der Waals surface area contributed by atoms with Gasteiger partial charge in [0.1, 0.15) is 24.7 Å². The van der Waals surface area contributed by atoms with Crippen LogP contribution in [-0.4, -0.2) is 28.9 Å². The second kappa shape index (κ2) is 16.6. The summed E-state index contributed by atoms with van der Waals surface area (Å²) < 4.78 is 33.3. The molecule has 1 aromatic carbocycles. The smallest absolute Gasteiger partial charge is 0.159 e. The Kier molecular flexibility index (Phi) is 13.6. The SMILES string of the molecule is CCCCCCCCCc1cnc(-c2ccc(OCC(F)CC(F)CCCCC)cc2)nc1. The van der Waals surface area contributed by atoms with Crippen molar-refractivity contribution in [1.29, 1.82) is 0 Å². The molecule has 1 heterocycles. The Morgan fingerprint density at radius 3 is 2.03 bits per heavy atom. The van der Waals surface area contributed by atoms with Crippen LogP contribution >= 0.6 is 0 Å². The number of ether oxygens (including phenoxy) is 1. The average Bonchev–Trinajstić information content (AvgIpc) is 2.83. The van der Waals surface area contributed by atoms with Gasteiger partial charge in [-0.1, -0.05) is 71.6 Å². The molecule has 0 radical (unpaired) electrons. The topological polar surface area (TPSA) is 35.0 Å². The predicted molar refractivity (Wildman–Crippen MR) is 133 cm³/mol. The summed E-state index contributed by atoms with van der Waals surface area (Å²) in [5.74, 6) is 1.24. The molecule has 184 valence electrons. The lowest BCUT2D eigenvalue weighted by Gasteiger charge is -2.13. The summed E-state index contributed by atoms with van der Waals surface area (Å²) in [6.07, 6.45) is 14.7. The van der Waals surface area contributed by atoms with Gasteiger partial charge in [0.25, 0.3) is 0 Å². The Morgan fingerprint density at radius 2 is 1.36 bits per heavy atom. The van der Waals surface area contributed by atoms with E-state index in [4.69, 9.17) is 4.74 Å². The molecule has 0 bridgehead atoms. The normalized spacial score (nSPS) is 13.1. The van der Waals surface area contributed by atoms with Gasteiger partial charge in [0.2, 0.25) is 0 Å². The van der Waals surface area contributed by atoms with Gasteiger partial charge >= 0.3 is 0 Å². The van der Waals surface area contributed by atoms with E-state index in [9.17, 15) is 8.78 Å². The Morgan fingerprint density at radius 1 is 0.758 bits per heavy atom. The van der Waals surface area contributed by atoms with Gasteiger partial charge in [0.15, 0.2) is 5.82 Å². The van der Waals surface area contributed by atoms with Crippen molar-refractivity contribution in [2.75, 3.05) is 6.61 Å². The van der Waals surface area contributed by atoms with E-state index in [0.29, 0.717) is 18.0 Å². The molecule has 1 aromatic heterocycles. The van der Waals surface area contributed by atoms with Crippen LogP contribution in [0.5, 0.6) is 5.75 Å². The van der Waals surface area contributed by atoms with E-state index >= 15 is 0 Å². The molecule has 0 fully saturated rings. The molecule has 0 saturated heterocycles. The second-order valence-corrected chi connectivity index (χ2v) is 9.05. The summed E-state index contributed by atoms with van der Waals surface area (Å²) in [7, 11) is 0. The standard InChI is InChI=1S/C28H42F2N2O/c1-3-5-7-8-9-10-12-13-23-20-31-28(32-21-23)24-15-17-27(18-16-24)33-22-26(30)19-25(29)14-11-6-4-2/h15-18,20-21,25-26H,3-14,19,22H2,1-2H3. The number of hydrogen-bond acceptors (Lipinski definition) is 3. The molecule has 33 heavy (non-hydrogen) atoms. The molecule has 2 aromatic rings. The lowest BCUT2D eigenvalue weighted by Crippen LogP contribution is -2.18. The van der Waals surface area contributed by atoms with E-state index in [1.165, 1.54) is 50.5 Å². The van der Waals surface area contributed by atoms with Gasteiger partial charge in [-0.25, -0.2) is 18.7 Å². The Bertz CT molecular complexity index is 737. The fourth-order valence-electron chi connectivity index (χ4n) is 3.89. The highest BCUT2D eigenvalue weighted by Gasteiger charge is 2.16. The Balaban J connectivity index is 1.70. The lowest BCUT2D eigenvalue weighted by atomic mass is 10.1. The van der Waals surface area contributed by atoms with Crippen molar-refractivity contribution in [2.45, 2.75) is 110 Å². The van der Waals surface area contributed by atoms with Crippen LogP contribution in [0, 0.1) is 0 Å². The van der Waals surface area contributed by atoms with Crippen molar-refractivity contribution in [3.8, 4) is 17.1 Å². The summed E-state index contributed by atoms with van der Waals surface area (Å²) in [6, 6.07) is 7.31. The predicted octanol–water partition coefficient (Wildman–Crippen LogP) is 8.46. The third-order valence-corrected chi connectivity index (χ3v) is 5.95. The number of hydrogen-bond donors (Lipinski definition) is 0. The van der Waals surface area contributed by atoms with Crippen LogP contribution in [-0.2, 0) is 6.42 Å². The first-order valence-electron chi connectivity index (χ1n) is 12.9. The Hall–Kier alpha value is -2.04. The number of halogens is 2. The van der Waals surface area contributed by atoms with Crippen molar-refractivity contribution in [1.82, 2.24) is 9.97 Å². The van der Waals surface area contributed by atoms with Crippen LogP contribution in [0.25, 0.3) is 11.4 Å². The molecule has 0 aliphatic carbocycles. The first-order valence-corrected chi connectivity index (χ1v) is 12.9. The maximum absolute atomic E-state index is 14.0. The minimum absolute atomic E-state index is 0.0964. The van der Waals surface area contributed by atoms with E-state index in [1.54, 1.807) is 12.1 Å². The van der Waals surface area contributed by atoms with Crippen molar-refractivity contribution >= 4 is 0 Å². The monoisotopic (exact) mass is 460 g/mol. The highest BCUT2D eigenvalue weighted by atomic mass is 19.1. The zero-order valence-corrected chi connectivity index (χ0v) is 20.6. The van der Waals surface area contributed by atoms with Gasteiger partial charge in [0.05, 0.1) is 0 Å². The number of alkyl halides is 2. The van der Waals surface area contributed by atoms with Gasteiger partial charge < -0.3 is 4.74 Å². The molecule has 2 unspecified atom stereocenters. The molecule has 0 saturated carbocycles. The third-order valence-electron chi connectivity index (χ3n) is 5.95. The quantitative estimate of drug-likeness (QED) is 0.209. The minimum atomic E-state index is -1.30. The van der Waals surface area contributed by atoms with Crippen molar-refractivity contribution in [2.24, 2.45) is 0 Å². The average molecular weight is 461 g/mol. The number of nitrogens with zero attached hydrogens (tertiary/aromatic N) is 2. The van der Waals surface area contributed by atoms with Gasteiger partial charge in [-0.05, 0) is 49.1 Å². The highest BCUT2D eigenvalue weighted by Crippen LogP contribution is 2.21. The van der Waals surface area contributed by atoms with Gasteiger partial charge in [0, 0.05) is 24.4 Å². The molecule has 0 spiro atoms. The molecular formula is C28H42F2N2O. The van der Waals surface area contributed by atoms with Crippen LogP contribution < -0.4 is 4.74 Å². The molecule has 5 heteroatoms. The van der Waals surface area contributed by atoms with Crippen LogP contribution in [0.2, 0.25) is 0 Å². The van der Waals surface area contributed by atoms with Crippen molar-refractivity contribution < 1.29 is 13.5 Å². The fourth-order valence-corrected chi connectivity index (χ4v) is 3.89. The summed E-state index contributed by atoms with van der Waals surface area (Å²) in [5.41, 5.74) is 2.06. The molecule has 0 aliphatic rings. The first-order chi connectivity index (χ1) is 16.1. The highest BCUT2D eigenvalue weighted by molar-refractivity contribution is 5.55. The maximum Gasteiger partial charge on any atom is 0.159 e. The van der Waals surface area contributed by atoms with Gasteiger partial charge in [-0.3, -0.25) is 0 Å². The van der Waals surface area contributed by atoms with E-state index in [-0.39, 0.29) is 13.0 Å². The van der Waals surface area contributed by atoms with Crippen LogP contribution in [0.4, 0.5) is 8.78 Å². The van der Waals surface area contributed by atoms with E-state index < -0.39 is 12.3 Å². The summed E-state index contributed by atoms with van der Waals surface area (Å²) in [6.45, 7) is 4.19. The maximum atomic E-state index is 14.0. The number of rotatable bonds is 18. The number of aryl methyl sites for hydroxylation is 1. The molecule has 3 nitrogen and oxygen atoms in total. The molecule has 0 N–H and O–H groups in total. The summed E-state index contributed by atoms with van der Waals surface area (Å²) in [4.78, 5) is 9.00. The minimum Gasteiger partial charge on any atom is -0.491 e. The molecule has 0 amide bonds. The summed E-state index contributed by atoms with van der Waals surface area (Å²) >= 11 is 0. The molecular weight excluding hydrogens is 418 g/mol. The Labute approximate surface area is 199 Å². The zero-order chi connectivity index (χ0) is 23.7. The van der Waals surface area contributed by atoms with E-state index in [2.05, 4.69) is 23.8 Å². The van der Waals surface area contributed by atoms with Crippen LogP contribution in [0.15, 0.2) is 36.7 Å². The molecule has 2 rings (SSSR count). The van der Waals surface area contributed by atoms with Crippen LogP contribution in [0.3, 0.4) is 0 Å². The first kappa shape index (κ1) is 27.2. The van der Waals surface area contributed by atoms with Crippen LogP contribution in [0.1, 0.15) is 96.5 Å². The van der Waals surface area contributed by atoms with Crippen molar-refractivity contribution in [3.63, 3.8) is 0 Å². The summed E-state index contributed by atoms with van der Waals surface area (Å²) in [5, 5.41) is 0. The number of unbranched alkanes of at least 4 members (excludes halogenated alkanes) is 8. The largest absolute Gasteiger partial charge is 0.491 e. The molecule has 2 atom stereocenters. The zero-order valence-electron chi connectivity index (χ0n) is 20.6. The fraction of sp³-hybridized carbons (Fsp3) is 0.643. The van der Waals surface area contributed by atoms with Crippen molar-refractivity contribution in [3.05, 3.63) is 42.2 Å². The lowest BCUT2D eigenvalue weighted by molar-refractivity contribution is 0.146. The third kappa shape index (κ3) is 11.6. The number of benzene rings is 1. The second-order valence-electron chi connectivity index (χ2n) is 9.05. The van der Waals surface area contributed by atoms with E-state index in [0.717, 1.165) is 31.2 Å². The van der Waals surface area contributed by atoms with E-state index in [1.807, 2.05) is 24.5 Å². The molecule has 0 aliphatic heterocycles. The van der Waals surface area contributed by atoms with Gasteiger partial charge in [-0.2, -0.15) is 0 Å².